The number of rotatable bonds is 6. The van der Waals surface area contributed by atoms with Crippen LogP contribution in [0.25, 0.3) is 0 Å². The van der Waals surface area contributed by atoms with Crippen molar-refractivity contribution in [1.82, 2.24) is 5.32 Å². The van der Waals surface area contributed by atoms with Crippen LogP contribution in [0.2, 0.25) is 0 Å². The lowest BCUT2D eigenvalue weighted by Crippen LogP contribution is -2.51. The summed E-state index contributed by atoms with van der Waals surface area (Å²) in [4.78, 5) is 0. The number of hydrogen-bond acceptors (Lipinski definition) is 2. The maximum absolute atomic E-state index is 5.91. The third-order valence-electron chi connectivity index (χ3n) is 4.62. The van der Waals surface area contributed by atoms with Gasteiger partial charge in [-0.1, -0.05) is 38.3 Å². The fraction of sp³-hybridized carbons (Fsp3) is 0.875. The SMILES string of the molecule is CCC(CC)(OC)C(NC)C1=CCCCCCC1. The smallest absolute Gasteiger partial charge is 0.0863 e. The number of ether oxygens (including phenoxy) is 1. The normalized spacial score (nSPS) is 19.9. The highest BCUT2D eigenvalue weighted by molar-refractivity contribution is 5.18. The zero-order valence-corrected chi connectivity index (χ0v) is 12.7. The van der Waals surface area contributed by atoms with E-state index in [9.17, 15) is 0 Å². The number of hydrogen-bond donors (Lipinski definition) is 1. The molecule has 0 aliphatic heterocycles. The van der Waals surface area contributed by atoms with Crippen LogP contribution in [0, 0.1) is 0 Å². The van der Waals surface area contributed by atoms with Crippen LogP contribution in [-0.2, 0) is 4.74 Å². The van der Waals surface area contributed by atoms with E-state index in [2.05, 4.69) is 32.3 Å². The van der Waals surface area contributed by atoms with Gasteiger partial charge in [0.25, 0.3) is 0 Å². The molecule has 0 amide bonds. The average molecular weight is 253 g/mol. The van der Waals surface area contributed by atoms with Crippen molar-refractivity contribution in [3.63, 3.8) is 0 Å². The fourth-order valence-corrected chi connectivity index (χ4v) is 3.33. The second-order valence-corrected chi connectivity index (χ2v) is 5.43. The molecule has 0 fully saturated rings. The van der Waals surface area contributed by atoms with Crippen LogP contribution < -0.4 is 5.32 Å². The van der Waals surface area contributed by atoms with E-state index in [1.807, 2.05) is 7.11 Å². The Morgan fingerprint density at radius 2 is 1.89 bits per heavy atom. The quantitative estimate of drug-likeness (QED) is 0.721. The lowest BCUT2D eigenvalue weighted by Gasteiger charge is -2.40. The van der Waals surface area contributed by atoms with Crippen LogP contribution in [0.3, 0.4) is 0 Å². The summed E-state index contributed by atoms with van der Waals surface area (Å²) in [5.74, 6) is 0. The van der Waals surface area contributed by atoms with E-state index >= 15 is 0 Å². The van der Waals surface area contributed by atoms with E-state index in [0.717, 1.165) is 12.8 Å². The van der Waals surface area contributed by atoms with Crippen LogP contribution in [0.5, 0.6) is 0 Å². The summed E-state index contributed by atoms with van der Waals surface area (Å²) in [6, 6.07) is 0.371. The molecule has 1 unspecified atom stereocenters. The maximum atomic E-state index is 5.91. The zero-order chi connectivity index (χ0) is 13.4. The van der Waals surface area contributed by atoms with Crippen molar-refractivity contribution in [3.05, 3.63) is 11.6 Å². The van der Waals surface area contributed by atoms with E-state index in [1.54, 1.807) is 5.57 Å². The molecular formula is C16H31NO. The first-order chi connectivity index (χ1) is 8.74. The molecule has 1 aliphatic rings. The van der Waals surface area contributed by atoms with Crippen molar-refractivity contribution in [2.45, 2.75) is 76.9 Å². The summed E-state index contributed by atoms with van der Waals surface area (Å²) in [6.07, 6.45) is 12.5. The number of likely N-dealkylation sites (N-methyl/N-ethyl adjacent to an activating group) is 1. The molecule has 0 saturated heterocycles. The molecule has 2 heteroatoms. The zero-order valence-electron chi connectivity index (χ0n) is 12.7. The highest BCUT2D eigenvalue weighted by atomic mass is 16.5. The van der Waals surface area contributed by atoms with Gasteiger partial charge in [-0.2, -0.15) is 0 Å². The van der Waals surface area contributed by atoms with Crippen molar-refractivity contribution in [2.24, 2.45) is 0 Å². The molecule has 0 radical (unpaired) electrons. The highest BCUT2D eigenvalue weighted by Gasteiger charge is 2.36. The lowest BCUT2D eigenvalue weighted by atomic mass is 9.80. The third-order valence-corrected chi connectivity index (χ3v) is 4.62. The van der Waals surface area contributed by atoms with Crippen molar-refractivity contribution in [3.8, 4) is 0 Å². The van der Waals surface area contributed by atoms with Gasteiger partial charge < -0.3 is 10.1 Å². The van der Waals surface area contributed by atoms with Gasteiger partial charge in [-0.3, -0.25) is 0 Å². The van der Waals surface area contributed by atoms with Crippen LogP contribution in [0.1, 0.15) is 65.2 Å². The summed E-state index contributed by atoms with van der Waals surface area (Å²) in [5, 5.41) is 3.52. The molecule has 0 saturated carbocycles. The average Bonchev–Trinajstić information content (AvgIpc) is 2.37. The summed E-state index contributed by atoms with van der Waals surface area (Å²) in [6.45, 7) is 4.47. The predicted molar refractivity (Wildman–Crippen MR) is 79.0 cm³/mol. The Balaban J connectivity index is 2.91. The van der Waals surface area contributed by atoms with Crippen molar-refractivity contribution in [2.75, 3.05) is 14.2 Å². The minimum atomic E-state index is -0.0419. The number of methoxy groups -OCH3 is 1. The molecule has 2 nitrogen and oxygen atoms in total. The molecule has 0 heterocycles. The Kier molecular flexibility index (Phi) is 6.95. The molecule has 0 aromatic heterocycles. The van der Waals surface area contributed by atoms with Crippen molar-refractivity contribution < 1.29 is 4.74 Å². The molecule has 106 valence electrons. The van der Waals surface area contributed by atoms with Crippen molar-refractivity contribution in [1.29, 1.82) is 0 Å². The number of nitrogens with one attached hydrogen (secondary N) is 1. The van der Waals surface area contributed by atoms with E-state index in [1.165, 1.54) is 38.5 Å². The van der Waals surface area contributed by atoms with Gasteiger partial charge >= 0.3 is 0 Å². The first-order valence-electron chi connectivity index (χ1n) is 7.65. The number of allylic oxidation sites excluding steroid dienone is 1. The molecular weight excluding hydrogens is 222 g/mol. The standard InChI is InChI=1S/C16H31NO/c1-5-16(6-2,18-4)15(17-3)14-12-10-8-7-9-11-13-14/h12,15,17H,5-11,13H2,1-4H3. The maximum Gasteiger partial charge on any atom is 0.0863 e. The molecule has 1 N–H and O–H groups in total. The Morgan fingerprint density at radius 3 is 2.44 bits per heavy atom. The molecule has 0 aromatic rings. The summed E-state index contributed by atoms with van der Waals surface area (Å²) in [7, 11) is 3.93. The summed E-state index contributed by atoms with van der Waals surface area (Å²) >= 11 is 0. The van der Waals surface area contributed by atoms with Crippen LogP contribution >= 0.6 is 0 Å². The topological polar surface area (TPSA) is 21.3 Å². The first-order valence-corrected chi connectivity index (χ1v) is 7.65. The molecule has 1 aliphatic carbocycles. The Labute approximate surface area is 113 Å². The highest BCUT2D eigenvalue weighted by Crippen LogP contribution is 2.32. The van der Waals surface area contributed by atoms with Crippen LogP contribution in [0.15, 0.2) is 11.6 Å². The second-order valence-electron chi connectivity index (χ2n) is 5.43. The van der Waals surface area contributed by atoms with E-state index in [0.29, 0.717) is 6.04 Å². The van der Waals surface area contributed by atoms with E-state index in [4.69, 9.17) is 4.74 Å². The Bertz CT molecular complexity index is 248. The van der Waals surface area contributed by atoms with Gasteiger partial charge in [0.05, 0.1) is 11.6 Å². The van der Waals surface area contributed by atoms with Gasteiger partial charge in [0, 0.05) is 7.11 Å². The summed E-state index contributed by atoms with van der Waals surface area (Å²) in [5.41, 5.74) is 1.53. The molecule has 0 aromatic carbocycles. The predicted octanol–water partition coefficient (Wildman–Crippen LogP) is 4.06. The van der Waals surface area contributed by atoms with Gasteiger partial charge in [-0.15, -0.1) is 0 Å². The first kappa shape index (κ1) is 15.7. The molecule has 0 spiro atoms. The van der Waals surface area contributed by atoms with Gasteiger partial charge in [-0.05, 0) is 45.6 Å². The molecule has 1 rings (SSSR count). The van der Waals surface area contributed by atoms with Gasteiger partial charge in [-0.25, -0.2) is 0 Å². The lowest BCUT2D eigenvalue weighted by molar-refractivity contribution is -0.0371. The Morgan fingerprint density at radius 1 is 1.22 bits per heavy atom. The molecule has 18 heavy (non-hydrogen) atoms. The molecule has 1 atom stereocenters. The van der Waals surface area contributed by atoms with Gasteiger partial charge in [0.15, 0.2) is 0 Å². The van der Waals surface area contributed by atoms with Crippen molar-refractivity contribution >= 4 is 0 Å². The van der Waals surface area contributed by atoms with Gasteiger partial charge in [0.1, 0.15) is 0 Å². The minimum Gasteiger partial charge on any atom is -0.376 e. The largest absolute Gasteiger partial charge is 0.376 e. The monoisotopic (exact) mass is 253 g/mol. The van der Waals surface area contributed by atoms with Crippen LogP contribution in [-0.4, -0.2) is 25.8 Å². The van der Waals surface area contributed by atoms with E-state index < -0.39 is 0 Å². The van der Waals surface area contributed by atoms with E-state index in [-0.39, 0.29) is 5.60 Å². The molecule has 0 bridgehead atoms. The minimum absolute atomic E-state index is 0.0419. The summed E-state index contributed by atoms with van der Waals surface area (Å²) < 4.78 is 5.91. The third kappa shape index (κ3) is 3.58. The fourth-order valence-electron chi connectivity index (χ4n) is 3.33. The second kappa shape index (κ2) is 7.96. The van der Waals surface area contributed by atoms with Gasteiger partial charge in [0.2, 0.25) is 0 Å². The Hall–Kier alpha value is -0.340. The van der Waals surface area contributed by atoms with Crippen LogP contribution in [0.4, 0.5) is 0 Å².